The van der Waals surface area contributed by atoms with Gasteiger partial charge in [0, 0.05) is 55.5 Å². The smallest absolute Gasteiger partial charge is 0.409 e. The lowest BCUT2D eigenvalue weighted by Crippen LogP contribution is -2.46. The zero-order valence-electron chi connectivity index (χ0n) is 22.5. The second kappa shape index (κ2) is 13.7. The summed E-state index contributed by atoms with van der Waals surface area (Å²) in [7, 11) is 2.79. The summed E-state index contributed by atoms with van der Waals surface area (Å²) in [6, 6.07) is 8.77. The second-order valence-electron chi connectivity index (χ2n) is 9.82. The highest BCUT2D eigenvalue weighted by Crippen LogP contribution is 2.31. The monoisotopic (exact) mass is 580 g/mol. The Labute approximate surface area is 238 Å². The van der Waals surface area contributed by atoms with E-state index in [4.69, 9.17) is 37.4 Å². The Morgan fingerprint density at radius 3 is 2.38 bits per heavy atom. The number of hydrogen-bond acceptors (Lipinski definition) is 7. The third kappa shape index (κ3) is 8.63. The molecule has 2 N–H and O–H groups in total. The standard InChI is InChI=1S/C27H34Cl2N4O6/c1-27(2,32-23(34)15-28)14-21-22(39-19-9-11-33(12-10-19)26(36)38-4)13-20(25(31-21)37-3)24(35)30-16-17-5-7-18(29)8-6-17/h5-8,13,19H,9-12,14-16H2,1-4H3,(H,30,35)(H,32,34). The minimum atomic E-state index is -0.714. The van der Waals surface area contributed by atoms with E-state index in [9.17, 15) is 14.4 Å². The third-order valence-electron chi connectivity index (χ3n) is 6.21. The summed E-state index contributed by atoms with van der Waals surface area (Å²) < 4.78 is 16.7. The van der Waals surface area contributed by atoms with Gasteiger partial charge in [0.2, 0.25) is 11.8 Å². The van der Waals surface area contributed by atoms with Gasteiger partial charge in [-0.25, -0.2) is 9.78 Å². The number of halogens is 2. The number of hydrogen-bond donors (Lipinski definition) is 2. The lowest BCUT2D eigenvalue weighted by molar-refractivity contribution is -0.120. The quantitative estimate of drug-likeness (QED) is 0.408. The minimum Gasteiger partial charge on any atom is -0.488 e. The Balaban J connectivity index is 1.87. The van der Waals surface area contributed by atoms with Crippen molar-refractivity contribution in [2.24, 2.45) is 0 Å². The highest BCUT2D eigenvalue weighted by molar-refractivity contribution is 6.30. The number of amides is 3. The van der Waals surface area contributed by atoms with E-state index in [1.807, 2.05) is 26.0 Å². The van der Waals surface area contributed by atoms with Crippen molar-refractivity contribution in [1.82, 2.24) is 20.5 Å². The van der Waals surface area contributed by atoms with Gasteiger partial charge >= 0.3 is 6.09 Å². The molecule has 1 aromatic carbocycles. The zero-order valence-corrected chi connectivity index (χ0v) is 24.0. The largest absolute Gasteiger partial charge is 0.488 e. The van der Waals surface area contributed by atoms with E-state index in [1.54, 1.807) is 23.1 Å². The van der Waals surface area contributed by atoms with Gasteiger partial charge in [-0.2, -0.15) is 0 Å². The highest BCUT2D eigenvalue weighted by atomic mass is 35.5. The Kier molecular flexibility index (Phi) is 10.7. The van der Waals surface area contributed by atoms with Gasteiger partial charge in [-0.3, -0.25) is 9.59 Å². The van der Waals surface area contributed by atoms with E-state index in [0.717, 1.165) is 5.56 Å². The summed E-state index contributed by atoms with van der Waals surface area (Å²) >= 11 is 11.6. The van der Waals surface area contributed by atoms with Crippen LogP contribution in [0.4, 0.5) is 4.79 Å². The number of ether oxygens (including phenoxy) is 3. The molecule has 1 aromatic heterocycles. The number of piperidine rings is 1. The van der Waals surface area contributed by atoms with Crippen molar-refractivity contribution < 1.29 is 28.6 Å². The van der Waals surface area contributed by atoms with Gasteiger partial charge in [0.15, 0.2) is 0 Å². The van der Waals surface area contributed by atoms with E-state index in [2.05, 4.69) is 15.6 Å². The molecule has 0 aliphatic carbocycles. The number of carbonyl (C=O) groups excluding carboxylic acids is 3. The third-order valence-corrected chi connectivity index (χ3v) is 6.70. The van der Waals surface area contributed by atoms with Crippen LogP contribution in [0.2, 0.25) is 5.02 Å². The molecule has 0 radical (unpaired) electrons. The summed E-state index contributed by atoms with van der Waals surface area (Å²) in [4.78, 5) is 43.3. The fourth-order valence-corrected chi connectivity index (χ4v) is 4.47. The molecule has 12 heteroatoms. The van der Waals surface area contributed by atoms with Crippen LogP contribution >= 0.6 is 23.2 Å². The first-order chi connectivity index (χ1) is 18.5. The number of nitrogens with one attached hydrogen (secondary N) is 2. The van der Waals surface area contributed by atoms with Crippen molar-refractivity contribution in [3.8, 4) is 11.6 Å². The zero-order chi connectivity index (χ0) is 28.6. The first kappa shape index (κ1) is 30.3. The van der Waals surface area contributed by atoms with Gasteiger partial charge < -0.3 is 29.7 Å². The van der Waals surface area contributed by atoms with Crippen LogP contribution < -0.4 is 20.1 Å². The summed E-state index contributed by atoms with van der Waals surface area (Å²) in [6.45, 7) is 4.92. The Hall–Kier alpha value is -3.24. The molecule has 212 valence electrons. The maximum absolute atomic E-state index is 13.2. The number of methoxy groups -OCH3 is 2. The van der Waals surface area contributed by atoms with Crippen molar-refractivity contribution >= 4 is 41.1 Å². The summed E-state index contributed by atoms with van der Waals surface area (Å²) in [5, 5.41) is 6.36. The Bertz CT molecular complexity index is 1170. The average molecular weight is 581 g/mol. The fourth-order valence-electron chi connectivity index (χ4n) is 4.28. The van der Waals surface area contributed by atoms with E-state index < -0.39 is 5.54 Å². The normalized spacial score (nSPS) is 13.9. The number of alkyl halides is 1. The molecule has 0 atom stereocenters. The number of pyridine rings is 1. The number of nitrogens with zero attached hydrogens (tertiary/aromatic N) is 2. The number of rotatable bonds is 10. The predicted octanol–water partition coefficient (Wildman–Crippen LogP) is 3.96. The fraction of sp³-hybridized carbons (Fsp3) is 0.481. The highest BCUT2D eigenvalue weighted by Gasteiger charge is 2.29. The molecule has 1 aliphatic heterocycles. The molecule has 3 amide bonds. The van der Waals surface area contributed by atoms with Crippen LogP contribution in [0.3, 0.4) is 0 Å². The molecule has 1 fully saturated rings. The van der Waals surface area contributed by atoms with Crippen molar-refractivity contribution in [3.05, 3.63) is 52.2 Å². The van der Waals surface area contributed by atoms with E-state index in [0.29, 0.717) is 42.4 Å². The van der Waals surface area contributed by atoms with Gasteiger partial charge in [-0.05, 0) is 31.5 Å². The van der Waals surface area contributed by atoms with Crippen LogP contribution in [-0.2, 0) is 22.5 Å². The van der Waals surface area contributed by atoms with Gasteiger partial charge in [-0.1, -0.05) is 23.7 Å². The van der Waals surface area contributed by atoms with Crippen molar-refractivity contribution in [1.29, 1.82) is 0 Å². The lowest BCUT2D eigenvalue weighted by atomic mass is 9.96. The summed E-state index contributed by atoms with van der Waals surface area (Å²) in [6.07, 6.45) is 0.840. The maximum atomic E-state index is 13.2. The first-order valence-electron chi connectivity index (χ1n) is 12.5. The van der Waals surface area contributed by atoms with Crippen molar-refractivity contribution in [2.75, 3.05) is 33.2 Å². The maximum Gasteiger partial charge on any atom is 0.409 e. The number of benzene rings is 1. The topological polar surface area (TPSA) is 119 Å². The van der Waals surface area contributed by atoms with E-state index in [-0.39, 0.29) is 54.3 Å². The average Bonchev–Trinajstić information content (AvgIpc) is 2.92. The van der Waals surface area contributed by atoms with Crippen LogP contribution in [0.15, 0.2) is 30.3 Å². The molecule has 10 nitrogen and oxygen atoms in total. The molecule has 0 bridgehead atoms. The number of likely N-dealkylation sites (tertiary alicyclic amines) is 1. The SMILES string of the molecule is COC(=O)N1CCC(Oc2cc(C(=O)NCc3ccc(Cl)cc3)c(OC)nc2CC(C)(C)NC(=O)CCl)CC1. The predicted molar refractivity (Wildman–Crippen MR) is 148 cm³/mol. The van der Waals surface area contributed by atoms with Crippen LogP contribution in [0.5, 0.6) is 11.6 Å². The minimum absolute atomic E-state index is 0.130. The molecule has 0 saturated carbocycles. The summed E-state index contributed by atoms with van der Waals surface area (Å²) in [5.74, 6) is -0.344. The van der Waals surface area contributed by atoms with Gasteiger partial charge in [0.25, 0.3) is 5.91 Å². The molecule has 1 saturated heterocycles. The molecule has 0 unspecified atom stereocenters. The molecule has 3 rings (SSSR count). The van der Waals surface area contributed by atoms with Crippen LogP contribution in [0.1, 0.15) is 48.3 Å². The molecule has 0 spiro atoms. The van der Waals surface area contributed by atoms with Gasteiger partial charge in [-0.15, -0.1) is 11.6 Å². The Morgan fingerprint density at radius 2 is 1.79 bits per heavy atom. The number of aromatic nitrogens is 1. The lowest BCUT2D eigenvalue weighted by Gasteiger charge is -2.32. The number of carbonyl (C=O) groups is 3. The molecule has 2 heterocycles. The van der Waals surface area contributed by atoms with Crippen LogP contribution in [0.25, 0.3) is 0 Å². The molecule has 1 aliphatic rings. The van der Waals surface area contributed by atoms with Gasteiger partial charge in [0.1, 0.15) is 23.3 Å². The van der Waals surface area contributed by atoms with Gasteiger partial charge in [0.05, 0.1) is 19.9 Å². The van der Waals surface area contributed by atoms with Crippen molar-refractivity contribution in [2.45, 2.75) is 51.3 Å². The first-order valence-corrected chi connectivity index (χ1v) is 13.4. The van der Waals surface area contributed by atoms with E-state index in [1.165, 1.54) is 14.2 Å². The van der Waals surface area contributed by atoms with Crippen LogP contribution in [-0.4, -0.2) is 72.6 Å². The molecule has 2 aromatic rings. The van der Waals surface area contributed by atoms with E-state index >= 15 is 0 Å². The molecular formula is C27H34Cl2N4O6. The molecular weight excluding hydrogens is 547 g/mol. The van der Waals surface area contributed by atoms with Crippen LogP contribution in [0, 0.1) is 0 Å². The molecule has 39 heavy (non-hydrogen) atoms. The Morgan fingerprint density at radius 1 is 1.13 bits per heavy atom. The summed E-state index contributed by atoms with van der Waals surface area (Å²) in [5.41, 5.74) is 0.882. The second-order valence-corrected chi connectivity index (χ2v) is 10.5. The van der Waals surface area contributed by atoms with Crippen molar-refractivity contribution in [3.63, 3.8) is 0 Å².